The highest BCUT2D eigenvalue weighted by Crippen LogP contribution is 2.22. The molecular formula is C14H26N2O3S. The highest BCUT2D eigenvalue weighted by atomic mass is 32.2. The molecule has 0 aromatic heterocycles. The number of nitrogens with zero attached hydrogens (tertiary/aromatic N) is 1. The van der Waals surface area contributed by atoms with E-state index < -0.39 is 10.0 Å². The molecule has 0 unspecified atom stereocenters. The van der Waals surface area contributed by atoms with Gasteiger partial charge in [0.15, 0.2) is 0 Å². The van der Waals surface area contributed by atoms with Gasteiger partial charge in [0.25, 0.3) is 0 Å². The molecule has 2 rings (SSSR count). The summed E-state index contributed by atoms with van der Waals surface area (Å²) < 4.78 is 25.7. The number of amides is 1. The van der Waals surface area contributed by atoms with Crippen molar-refractivity contribution in [2.75, 3.05) is 18.8 Å². The normalized spacial score (nSPS) is 25.8. The molecule has 5 nitrogen and oxygen atoms in total. The zero-order chi connectivity index (χ0) is 14.6. The van der Waals surface area contributed by atoms with Crippen LogP contribution >= 0.6 is 0 Å². The van der Waals surface area contributed by atoms with Crippen molar-refractivity contribution in [3.8, 4) is 0 Å². The smallest absolute Gasteiger partial charge is 0.224 e. The van der Waals surface area contributed by atoms with E-state index in [9.17, 15) is 13.2 Å². The third-order valence-electron chi connectivity index (χ3n) is 4.31. The molecule has 1 aliphatic heterocycles. The first-order chi connectivity index (χ1) is 9.53. The summed E-state index contributed by atoms with van der Waals surface area (Å²) >= 11 is 0. The summed E-state index contributed by atoms with van der Waals surface area (Å²) in [5.74, 6) is 0.0635. The fourth-order valence-electron chi connectivity index (χ4n) is 3.19. The van der Waals surface area contributed by atoms with E-state index in [4.69, 9.17) is 0 Å². The van der Waals surface area contributed by atoms with E-state index in [2.05, 4.69) is 5.32 Å². The molecule has 1 saturated heterocycles. The van der Waals surface area contributed by atoms with Crippen LogP contribution in [-0.2, 0) is 14.8 Å². The minimum absolute atomic E-state index is 0.0494. The first-order valence-corrected chi connectivity index (χ1v) is 9.42. The maximum Gasteiger partial charge on any atom is 0.224 e. The van der Waals surface area contributed by atoms with Crippen LogP contribution in [0.25, 0.3) is 0 Å². The molecule has 1 heterocycles. The summed E-state index contributed by atoms with van der Waals surface area (Å²) in [5.41, 5.74) is 0. The van der Waals surface area contributed by atoms with Crippen molar-refractivity contribution in [1.82, 2.24) is 9.62 Å². The van der Waals surface area contributed by atoms with Crippen molar-refractivity contribution < 1.29 is 13.2 Å². The van der Waals surface area contributed by atoms with Crippen LogP contribution in [0.5, 0.6) is 0 Å². The van der Waals surface area contributed by atoms with Crippen LogP contribution in [0.1, 0.15) is 51.9 Å². The lowest BCUT2D eigenvalue weighted by molar-refractivity contribution is -0.126. The molecule has 2 aliphatic rings. The number of rotatable bonds is 5. The molecule has 0 aromatic rings. The Kier molecular flexibility index (Phi) is 5.43. The predicted octanol–water partition coefficient (Wildman–Crippen LogP) is 1.50. The number of carbonyl (C=O) groups excluding carboxylic acids is 1. The predicted molar refractivity (Wildman–Crippen MR) is 78.8 cm³/mol. The zero-order valence-corrected chi connectivity index (χ0v) is 13.1. The minimum atomic E-state index is -3.17. The van der Waals surface area contributed by atoms with Crippen LogP contribution in [0.4, 0.5) is 0 Å². The quantitative estimate of drug-likeness (QED) is 0.837. The number of sulfonamides is 1. The maximum atomic E-state index is 12.3. The van der Waals surface area contributed by atoms with Crippen LogP contribution in [0.2, 0.25) is 0 Å². The summed E-state index contributed by atoms with van der Waals surface area (Å²) in [7, 11) is -3.17. The lowest BCUT2D eigenvalue weighted by Gasteiger charge is -2.31. The molecule has 1 N–H and O–H groups in total. The average molecular weight is 302 g/mol. The Morgan fingerprint density at radius 1 is 1.20 bits per heavy atom. The number of nitrogens with one attached hydrogen (secondary N) is 1. The van der Waals surface area contributed by atoms with Gasteiger partial charge in [-0.2, -0.15) is 0 Å². The molecule has 20 heavy (non-hydrogen) atoms. The van der Waals surface area contributed by atoms with Gasteiger partial charge in [0.05, 0.1) is 11.7 Å². The topological polar surface area (TPSA) is 66.5 Å². The van der Waals surface area contributed by atoms with Gasteiger partial charge < -0.3 is 5.32 Å². The summed E-state index contributed by atoms with van der Waals surface area (Å²) in [6.07, 6.45) is 6.71. The van der Waals surface area contributed by atoms with Gasteiger partial charge >= 0.3 is 0 Å². The Morgan fingerprint density at radius 3 is 2.55 bits per heavy atom. The summed E-state index contributed by atoms with van der Waals surface area (Å²) in [6.45, 7) is 2.79. The fraction of sp³-hybridized carbons (Fsp3) is 0.929. The third-order valence-corrected chi connectivity index (χ3v) is 6.35. The number of piperidine rings is 1. The Balaban J connectivity index is 1.90. The van der Waals surface area contributed by atoms with Gasteiger partial charge in [-0.1, -0.05) is 19.8 Å². The molecule has 0 spiro atoms. The van der Waals surface area contributed by atoms with Crippen molar-refractivity contribution in [3.63, 3.8) is 0 Å². The molecule has 0 bridgehead atoms. The van der Waals surface area contributed by atoms with E-state index >= 15 is 0 Å². The molecule has 1 saturated carbocycles. The number of hydrogen-bond donors (Lipinski definition) is 1. The molecule has 2 fully saturated rings. The lowest BCUT2D eigenvalue weighted by Crippen LogP contribution is -2.47. The van der Waals surface area contributed by atoms with Gasteiger partial charge in [0.2, 0.25) is 15.9 Å². The third kappa shape index (κ3) is 3.95. The van der Waals surface area contributed by atoms with Gasteiger partial charge in [-0.05, 0) is 32.1 Å². The highest BCUT2D eigenvalue weighted by molar-refractivity contribution is 7.89. The Hall–Kier alpha value is -0.620. The molecule has 1 aliphatic carbocycles. The van der Waals surface area contributed by atoms with Crippen molar-refractivity contribution >= 4 is 15.9 Å². The molecule has 0 aromatic carbocycles. The van der Waals surface area contributed by atoms with E-state index in [-0.39, 0.29) is 17.6 Å². The molecule has 0 radical (unpaired) electrons. The summed E-state index contributed by atoms with van der Waals surface area (Å²) in [6, 6.07) is 0.310. The van der Waals surface area contributed by atoms with Gasteiger partial charge in [-0.25, -0.2) is 12.7 Å². The Labute approximate surface area is 122 Å². The summed E-state index contributed by atoms with van der Waals surface area (Å²) in [4.78, 5) is 12.3. The second kappa shape index (κ2) is 6.89. The highest BCUT2D eigenvalue weighted by Gasteiger charge is 2.32. The Morgan fingerprint density at radius 2 is 1.90 bits per heavy atom. The van der Waals surface area contributed by atoms with Crippen LogP contribution < -0.4 is 5.32 Å². The van der Waals surface area contributed by atoms with Gasteiger partial charge in [-0.15, -0.1) is 0 Å². The van der Waals surface area contributed by atoms with E-state index in [0.29, 0.717) is 25.6 Å². The SMILES string of the molecule is CCCS(=O)(=O)N1CCC[C@H](C(=O)NC2CCCC2)C1. The van der Waals surface area contributed by atoms with Gasteiger partial charge in [0, 0.05) is 19.1 Å². The molecule has 6 heteroatoms. The van der Waals surface area contributed by atoms with Crippen molar-refractivity contribution in [2.24, 2.45) is 5.92 Å². The van der Waals surface area contributed by atoms with Crippen LogP contribution in [0, 0.1) is 5.92 Å². The average Bonchev–Trinajstić information content (AvgIpc) is 2.92. The molecule has 1 amide bonds. The molecular weight excluding hydrogens is 276 g/mol. The van der Waals surface area contributed by atoms with E-state index in [1.54, 1.807) is 0 Å². The lowest BCUT2D eigenvalue weighted by atomic mass is 9.98. The molecule has 1 atom stereocenters. The van der Waals surface area contributed by atoms with E-state index in [1.807, 2.05) is 6.92 Å². The second-order valence-corrected chi connectivity index (χ2v) is 8.09. The van der Waals surface area contributed by atoms with Gasteiger partial charge in [0.1, 0.15) is 0 Å². The van der Waals surface area contributed by atoms with Crippen molar-refractivity contribution in [3.05, 3.63) is 0 Å². The standard InChI is InChI=1S/C14H26N2O3S/c1-2-10-20(18,19)16-9-5-6-12(11-16)14(17)15-13-7-3-4-8-13/h12-13H,2-11H2,1H3,(H,15,17)/t12-/m0/s1. The fourth-order valence-corrected chi connectivity index (χ4v) is 4.77. The summed E-state index contributed by atoms with van der Waals surface area (Å²) in [5, 5.41) is 3.09. The number of carbonyl (C=O) groups is 1. The van der Waals surface area contributed by atoms with Crippen LogP contribution in [-0.4, -0.2) is 43.5 Å². The van der Waals surface area contributed by atoms with E-state index in [1.165, 1.54) is 17.1 Å². The van der Waals surface area contributed by atoms with Crippen LogP contribution in [0.15, 0.2) is 0 Å². The minimum Gasteiger partial charge on any atom is -0.353 e. The van der Waals surface area contributed by atoms with E-state index in [0.717, 1.165) is 25.7 Å². The monoisotopic (exact) mass is 302 g/mol. The van der Waals surface area contributed by atoms with Crippen LogP contribution in [0.3, 0.4) is 0 Å². The second-order valence-electron chi connectivity index (χ2n) is 6.00. The first-order valence-electron chi connectivity index (χ1n) is 7.81. The number of hydrogen-bond acceptors (Lipinski definition) is 3. The Bertz CT molecular complexity index is 430. The van der Waals surface area contributed by atoms with Crippen molar-refractivity contribution in [1.29, 1.82) is 0 Å². The zero-order valence-electron chi connectivity index (χ0n) is 12.3. The van der Waals surface area contributed by atoms with Gasteiger partial charge in [-0.3, -0.25) is 4.79 Å². The largest absolute Gasteiger partial charge is 0.353 e. The molecule has 116 valence electrons. The first kappa shape index (κ1) is 15.8. The van der Waals surface area contributed by atoms with Crippen molar-refractivity contribution in [2.45, 2.75) is 57.9 Å². The maximum absolute atomic E-state index is 12.3.